The van der Waals surface area contributed by atoms with E-state index in [2.05, 4.69) is 26.1 Å². The minimum Gasteiger partial charge on any atom is -0.377 e. The average molecular weight is 199 g/mol. The van der Waals surface area contributed by atoms with Gasteiger partial charge in [0.2, 0.25) is 0 Å². The van der Waals surface area contributed by atoms with Crippen molar-refractivity contribution in [2.24, 2.45) is 5.92 Å². The standard InChI is InChI=1S/C12H25NO/c1-4-10(3)12(13-5-2)11-8-6-7-9-14-11/h10-13H,4-9H2,1-3H3. The molecule has 1 aliphatic rings. The van der Waals surface area contributed by atoms with E-state index in [0.717, 1.165) is 19.1 Å². The van der Waals surface area contributed by atoms with Gasteiger partial charge in [0.1, 0.15) is 0 Å². The summed E-state index contributed by atoms with van der Waals surface area (Å²) in [6, 6.07) is 0.560. The van der Waals surface area contributed by atoms with E-state index in [1.54, 1.807) is 0 Å². The average Bonchev–Trinajstić information content (AvgIpc) is 2.26. The van der Waals surface area contributed by atoms with E-state index in [-0.39, 0.29) is 0 Å². The zero-order valence-electron chi connectivity index (χ0n) is 9.88. The van der Waals surface area contributed by atoms with Gasteiger partial charge in [-0.15, -0.1) is 0 Å². The second-order valence-electron chi connectivity index (χ2n) is 4.37. The molecule has 3 atom stereocenters. The van der Waals surface area contributed by atoms with E-state index in [1.165, 1.54) is 25.7 Å². The summed E-state index contributed by atoms with van der Waals surface area (Å²) in [6.45, 7) is 8.78. The predicted molar refractivity (Wildman–Crippen MR) is 60.5 cm³/mol. The molecular weight excluding hydrogens is 174 g/mol. The summed E-state index contributed by atoms with van der Waals surface area (Å²) in [5, 5.41) is 3.58. The first-order chi connectivity index (χ1) is 6.79. The molecule has 0 aromatic carbocycles. The van der Waals surface area contributed by atoms with Gasteiger partial charge in [0.25, 0.3) is 0 Å². The molecule has 0 bridgehead atoms. The lowest BCUT2D eigenvalue weighted by atomic mass is 9.90. The molecule has 0 saturated carbocycles. The van der Waals surface area contributed by atoms with Crippen molar-refractivity contribution < 1.29 is 4.74 Å². The van der Waals surface area contributed by atoms with E-state index < -0.39 is 0 Å². The third kappa shape index (κ3) is 3.25. The van der Waals surface area contributed by atoms with E-state index in [0.29, 0.717) is 12.1 Å². The molecule has 84 valence electrons. The van der Waals surface area contributed by atoms with E-state index in [1.807, 2.05) is 0 Å². The zero-order chi connectivity index (χ0) is 10.4. The fourth-order valence-corrected chi connectivity index (χ4v) is 2.24. The predicted octanol–water partition coefficient (Wildman–Crippen LogP) is 2.58. The van der Waals surface area contributed by atoms with Gasteiger partial charge >= 0.3 is 0 Å². The molecule has 2 heteroatoms. The molecule has 1 aliphatic heterocycles. The van der Waals surface area contributed by atoms with Crippen molar-refractivity contribution in [3.63, 3.8) is 0 Å². The molecule has 2 nitrogen and oxygen atoms in total. The highest BCUT2D eigenvalue weighted by Crippen LogP contribution is 2.21. The Bertz CT molecular complexity index is 143. The van der Waals surface area contributed by atoms with Crippen LogP contribution in [0.15, 0.2) is 0 Å². The third-order valence-electron chi connectivity index (χ3n) is 3.31. The van der Waals surface area contributed by atoms with Gasteiger partial charge in [0.15, 0.2) is 0 Å². The van der Waals surface area contributed by atoms with Crippen molar-refractivity contribution >= 4 is 0 Å². The van der Waals surface area contributed by atoms with Crippen LogP contribution in [0.25, 0.3) is 0 Å². The number of hydrogen-bond acceptors (Lipinski definition) is 2. The van der Waals surface area contributed by atoms with Gasteiger partial charge in [0, 0.05) is 12.6 Å². The number of likely N-dealkylation sites (N-methyl/N-ethyl adjacent to an activating group) is 1. The van der Waals surface area contributed by atoms with Gasteiger partial charge in [-0.05, 0) is 31.7 Å². The largest absolute Gasteiger partial charge is 0.377 e. The molecule has 0 spiro atoms. The smallest absolute Gasteiger partial charge is 0.0730 e. The van der Waals surface area contributed by atoms with E-state index >= 15 is 0 Å². The summed E-state index contributed by atoms with van der Waals surface area (Å²) in [5.41, 5.74) is 0. The Balaban J connectivity index is 2.46. The van der Waals surface area contributed by atoms with Gasteiger partial charge in [0.05, 0.1) is 6.10 Å². The fraction of sp³-hybridized carbons (Fsp3) is 1.00. The van der Waals surface area contributed by atoms with Gasteiger partial charge in [-0.25, -0.2) is 0 Å². The second kappa shape index (κ2) is 6.41. The SMILES string of the molecule is CCNC(C(C)CC)C1CCCCO1. The van der Waals surface area contributed by atoms with Crippen molar-refractivity contribution in [3.05, 3.63) is 0 Å². The second-order valence-corrected chi connectivity index (χ2v) is 4.37. The molecule has 1 fully saturated rings. The lowest BCUT2D eigenvalue weighted by molar-refractivity contribution is -0.0193. The Hall–Kier alpha value is -0.0800. The number of ether oxygens (including phenoxy) is 1. The van der Waals surface area contributed by atoms with Crippen molar-refractivity contribution in [3.8, 4) is 0 Å². The Morgan fingerprint density at radius 3 is 2.64 bits per heavy atom. The summed E-state index contributed by atoms with van der Waals surface area (Å²) >= 11 is 0. The van der Waals surface area contributed by atoms with Crippen LogP contribution in [0.2, 0.25) is 0 Å². The van der Waals surface area contributed by atoms with Crippen molar-refractivity contribution in [2.75, 3.05) is 13.2 Å². The molecule has 0 radical (unpaired) electrons. The molecule has 0 aromatic rings. The minimum absolute atomic E-state index is 0.457. The number of hydrogen-bond donors (Lipinski definition) is 1. The van der Waals surface area contributed by atoms with Crippen LogP contribution < -0.4 is 5.32 Å². The Kier molecular flexibility index (Phi) is 5.49. The lowest BCUT2D eigenvalue weighted by Crippen LogP contribution is -2.46. The Labute approximate surface area is 88.4 Å². The fourth-order valence-electron chi connectivity index (χ4n) is 2.24. The number of nitrogens with one attached hydrogen (secondary N) is 1. The van der Waals surface area contributed by atoms with Gasteiger partial charge in [-0.2, -0.15) is 0 Å². The lowest BCUT2D eigenvalue weighted by Gasteiger charge is -2.34. The molecule has 0 aliphatic carbocycles. The third-order valence-corrected chi connectivity index (χ3v) is 3.31. The van der Waals surface area contributed by atoms with Crippen LogP contribution in [-0.2, 0) is 4.74 Å². The van der Waals surface area contributed by atoms with E-state index in [9.17, 15) is 0 Å². The number of rotatable bonds is 5. The van der Waals surface area contributed by atoms with Gasteiger partial charge in [-0.1, -0.05) is 27.2 Å². The molecule has 1 heterocycles. The molecular formula is C12H25NO. The van der Waals surface area contributed by atoms with Crippen LogP contribution in [0.5, 0.6) is 0 Å². The maximum absolute atomic E-state index is 5.85. The highest BCUT2D eigenvalue weighted by Gasteiger charge is 2.27. The molecule has 0 aromatic heterocycles. The molecule has 1 N–H and O–H groups in total. The Morgan fingerprint density at radius 1 is 1.36 bits per heavy atom. The van der Waals surface area contributed by atoms with Crippen molar-refractivity contribution in [1.82, 2.24) is 5.32 Å². The Morgan fingerprint density at radius 2 is 2.14 bits per heavy atom. The molecule has 1 rings (SSSR count). The highest BCUT2D eigenvalue weighted by atomic mass is 16.5. The van der Waals surface area contributed by atoms with Crippen molar-refractivity contribution in [2.45, 2.75) is 58.6 Å². The summed E-state index contributed by atoms with van der Waals surface area (Å²) in [7, 11) is 0. The van der Waals surface area contributed by atoms with Crippen LogP contribution in [0, 0.1) is 5.92 Å². The normalized spacial score (nSPS) is 27.2. The first-order valence-electron chi connectivity index (χ1n) is 6.14. The maximum Gasteiger partial charge on any atom is 0.0730 e. The monoisotopic (exact) mass is 199 g/mol. The van der Waals surface area contributed by atoms with Crippen LogP contribution in [0.1, 0.15) is 46.5 Å². The molecule has 1 saturated heterocycles. The molecule has 14 heavy (non-hydrogen) atoms. The summed E-state index contributed by atoms with van der Waals surface area (Å²) in [4.78, 5) is 0. The molecule has 3 unspecified atom stereocenters. The minimum atomic E-state index is 0.457. The van der Waals surface area contributed by atoms with E-state index in [4.69, 9.17) is 4.74 Å². The quantitative estimate of drug-likeness (QED) is 0.735. The first-order valence-corrected chi connectivity index (χ1v) is 6.14. The van der Waals surface area contributed by atoms with Crippen LogP contribution in [0.4, 0.5) is 0 Å². The van der Waals surface area contributed by atoms with Crippen molar-refractivity contribution in [1.29, 1.82) is 0 Å². The summed E-state index contributed by atoms with van der Waals surface area (Å²) < 4.78 is 5.85. The van der Waals surface area contributed by atoms with Gasteiger partial charge < -0.3 is 10.1 Å². The molecule has 0 amide bonds. The van der Waals surface area contributed by atoms with Crippen LogP contribution >= 0.6 is 0 Å². The van der Waals surface area contributed by atoms with Crippen LogP contribution in [0.3, 0.4) is 0 Å². The maximum atomic E-state index is 5.85. The topological polar surface area (TPSA) is 21.3 Å². The van der Waals surface area contributed by atoms with Gasteiger partial charge in [-0.3, -0.25) is 0 Å². The highest BCUT2D eigenvalue weighted by molar-refractivity contribution is 4.82. The summed E-state index contributed by atoms with van der Waals surface area (Å²) in [5.74, 6) is 0.720. The van der Waals surface area contributed by atoms with Crippen LogP contribution in [-0.4, -0.2) is 25.3 Å². The first kappa shape index (κ1) is 12.0. The summed E-state index contributed by atoms with van der Waals surface area (Å²) in [6.07, 6.45) is 5.51. The zero-order valence-corrected chi connectivity index (χ0v) is 9.88.